The highest BCUT2D eigenvalue weighted by Crippen LogP contribution is 2.46. The Labute approximate surface area is 183 Å². The number of benzene rings is 2. The van der Waals surface area contributed by atoms with Gasteiger partial charge in [-0.1, -0.05) is 54.1 Å². The van der Waals surface area contributed by atoms with Crippen LogP contribution in [0.15, 0.2) is 66.3 Å². The molecule has 0 bridgehead atoms. The van der Waals surface area contributed by atoms with E-state index in [1.165, 1.54) is 19.2 Å². The lowest BCUT2D eigenvalue weighted by atomic mass is 9.66. The zero-order chi connectivity index (χ0) is 22.8. The van der Waals surface area contributed by atoms with E-state index in [1.54, 1.807) is 19.9 Å². The van der Waals surface area contributed by atoms with Crippen LogP contribution in [0.1, 0.15) is 49.0 Å². The summed E-state index contributed by atoms with van der Waals surface area (Å²) in [7, 11) is 1.43. The van der Waals surface area contributed by atoms with Crippen molar-refractivity contribution in [1.29, 1.82) is 0 Å². The van der Waals surface area contributed by atoms with E-state index < -0.39 is 11.5 Å². The number of aromatic hydroxyl groups is 2. The Bertz CT molecular complexity index is 975. The van der Waals surface area contributed by atoms with Crippen molar-refractivity contribution in [3.8, 4) is 17.2 Å². The molecule has 0 saturated heterocycles. The van der Waals surface area contributed by atoms with Gasteiger partial charge in [0.2, 0.25) is 0 Å². The van der Waals surface area contributed by atoms with Crippen LogP contribution in [0.25, 0.3) is 0 Å². The molecule has 0 aliphatic heterocycles. The molecule has 3 atom stereocenters. The number of allylic oxidation sites excluding steroid dienone is 3. The van der Waals surface area contributed by atoms with Gasteiger partial charge >= 0.3 is 0 Å². The molecular formula is C26H30O5. The fraction of sp³-hybridized carbons (Fsp3) is 0.346. The highest BCUT2D eigenvalue weighted by Gasteiger charge is 2.39. The van der Waals surface area contributed by atoms with E-state index in [0.717, 1.165) is 11.1 Å². The molecule has 164 valence electrons. The lowest BCUT2D eigenvalue weighted by molar-refractivity contribution is 0.0879. The number of ketones is 1. The van der Waals surface area contributed by atoms with Gasteiger partial charge < -0.3 is 20.1 Å². The molecule has 0 aromatic heterocycles. The van der Waals surface area contributed by atoms with Gasteiger partial charge in [-0.25, -0.2) is 0 Å². The second-order valence-corrected chi connectivity index (χ2v) is 8.67. The van der Waals surface area contributed by atoms with E-state index in [-0.39, 0.29) is 40.4 Å². The Morgan fingerprint density at radius 3 is 2.29 bits per heavy atom. The summed E-state index contributed by atoms with van der Waals surface area (Å²) in [6.45, 7) is 5.44. The first kappa shape index (κ1) is 22.6. The Balaban J connectivity index is 2.10. The zero-order valence-corrected chi connectivity index (χ0v) is 18.4. The number of carbonyl (C=O) groups is 1. The molecule has 2 aromatic carbocycles. The molecule has 0 amide bonds. The summed E-state index contributed by atoms with van der Waals surface area (Å²) >= 11 is 0. The van der Waals surface area contributed by atoms with Crippen LogP contribution >= 0.6 is 0 Å². The number of rotatable bonds is 6. The largest absolute Gasteiger partial charge is 0.507 e. The van der Waals surface area contributed by atoms with Crippen LogP contribution in [0.5, 0.6) is 17.2 Å². The van der Waals surface area contributed by atoms with Crippen molar-refractivity contribution >= 4 is 5.78 Å². The van der Waals surface area contributed by atoms with Gasteiger partial charge in [0.1, 0.15) is 22.8 Å². The maximum Gasteiger partial charge on any atom is 0.174 e. The maximum absolute atomic E-state index is 13.6. The van der Waals surface area contributed by atoms with E-state index in [4.69, 9.17) is 4.74 Å². The summed E-state index contributed by atoms with van der Waals surface area (Å²) in [5, 5.41) is 31.1. The fourth-order valence-electron chi connectivity index (χ4n) is 4.27. The lowest BCUT2D eigenvalue weighted by Crippen LogP contribution is -2.31. The number of carbonyl (C=O) groups excluding carboxylic acids is 1. The summed E-state index contributed by atoms with van der Waals surface area (Å²) in [5.74, 6) is -1.47. The number of hydrogen-bond acceptors (Lipinski definition) is 5. The third-order valence-corrected chi connectivity index (χ3v) is 5.82. The van der Waals surface area contributed by atoms with Gasteiger partial charge in [0, 0.05) is 29.9 Å². The highest BCUT2D eigenvalue weighted by molar-refractivity contribution is 6.03. The molecule has 0 spiro atoms. The van der Waals surface area contributed by atoms with Crippen LogP contribution < -0.4 is 4.74 Å². The van der Waals surface area contributed by atoms with E-state index in [2.05, 4.69) is 0 Å². The zero-order valence-electron chi connectivity index (χ0n) is 18.4. The van der Waals surface area contributed by atoms with Gasteiger partial charge in [-0.2, -0.15) is 0 Å². The normalized spacial score (nSPS) is 21.7. The summed E-state index contributed by atoms with van der Waals surface area (Å²) in [4.78, 5) is 13.6. The number of phenolic OH excluding ortho intramolecular Hbond substituents is 2. The predicted octanol–water partition coefficient (Wildman–Crippen LogP) is 4.98. The number of ether oxygens (including phenoxy) is 1. The van der Waals surface area contributed by atoms with Gasteiger partial charge in [-0.3, -0.25) is 4.79 Å². The molecule has 2 aromatic rings. The van der Waals surface area contributed by atoms with E-state index >= 15 is 0 Å². The van der Waals surface area contributed by atoms with Crippen molar-refractivity contribution in [3.05, 3.63) is 77.4 Å². The first-order chi connectivity index (χ1) is 14.6. The minimum atomic E-state index is -0.981. The van der Waals surface area contributed by atoms with Crippen LogP contribution in [0.4, 0.5) is 0 Å². The van der Waals surface area contributed by atoms with Crippen LogP contribution in [-0.2, 0) is 0 Å². The summed E-state index contributed by atoms with van der Waals surface area (Å²) in [6, 6.07) is 12.4. The van der Waals surface area contributed by atoms with Crippen molar-refractivity contribution in [1.82, 2.24) is 0 Å². The van der Waals surface area contributed by atoms with Crippen LogP contribution in [0, 0.1) is 11.8 Å². The Morgan fingerprint density at radius 1 is 1.13 bits per heavy atom. The number of Topliss-reactive ketones (excluding diaryl/α,β-unsaturated/α-hetero) is 1. The van der Waals surface area contributed by atoms with Gasteiger partial charge in [0.15, 0.2) is 5.78 Å². The predicted molar refractivity (Wildman–Crippen MR) is 121 cm³/mol. The Hall–Kier alpha value is -3.05. The van der Waals surface area contributed by atoms with Crippen LogP contribution in [0.2, 0.25) is 0 Å². The number of methoxy groups -OCH3 is 1. The van der Waals surface area contributed by atoms with E-state index in [1.807, 2.05) is 49.4 Å². The minimum absolute atomic E-state index is 0.0927. The van der Waals surface area contributed by atoms with Gasteiger partial charge in [0.25, 0.3) is 0 Å². The molecule has 0 saturated carbocycles. The van der Waals surface area contributed by atoms with Crippen molar-refractivity contribution in [2.45, 2.75) is 38.7 Å². The SMILES string of the molecule is COc1cc(O)c(C(=O)[C@@H]2CC=C(C)[C@@H](/C=C/C(C)(C)O)[C@H]2c2ccccc2)c(O)c1. The van der Waals surface area contributed by atoms with E-state index in [9.17, 15) is 20.1 Å². The molecule has 5 heteroatoms. The third-order valence-electron chi connectivity index (χ3n) is 5.82. The average Bonchev–Trinajstić information content (AvgIpc) is 2.71. The second kappa shape index (κ2) is 8.98. The molecule has 3 N–H and O–H groups in total. The lowest BCUT2D eigenvalue weighted by Gasteiger charge is -2.36. The Kier molecular flexibility index (Phi) is 6.56. The molecule has 0 heterocycles. The smallest absolute Gasteiger partial charge is 0.174 e. The summed E-state index contributed by atoms with van der Waals surface area (Å²) < 4.78 is 5.07. The fourth-order valence-corrected chi connectivity index (χ4v) is 4.27. The molecule has 1 aliphatic rings. The second-order valence-electron chi connectivity index (χ2n) is 8.67. The molecular weight excluding hydrogens is 392 g/mol. The van der Waals surface area contributed by atoms with Crippen molar-refractivity contribution in [2.75, 3.05) is 7.11 Å². The quantitative estimate of drug-likeness (QED) is 0.451. The highest BCUT2D eigenvalue weighted by atomic mass is 16.5. The Morgan fingerprint density at radius 2 is 1.74 bits per heavy atom. The van der Waals surface area contributed by atoms with Gasteiger partial charge in [-0.15, -0.1) is 0 Å². The van der Waals surface area contributed by atoms with Gasteiger partial charge in [0.05, 0.1) is 12.7 Å². The number of aliphatic hydroxyl groups is 1. The average molecular weight is 423 g/mol. The number of hydrogen-bond donors (Lipinski definition) is 3. The monoisotopic (exact) mass is 422 g/mol. The molecule has 3 rings (SSSR count). The molecule has 31 heavy (non-hydrogen) atoms. The molecule has 0 unspecified atom stereocenters. The first-order valence-electron chi connectivity index (χ1n) is 10.4. The summed E-state index contributed by atoms with van der Waals surface area (Å²) in [5.41, 5.74) is 1.03. The first-order valence-corrected chi connectivity index (χ1v) is 10.4. The number of phenols is 2. The van der Waals surface area contributed by atoms with Crippen molar-refractivity contribution in [2.24, 2.45) is 11.8 Å². The van der Waals surface area contributed by atoms with Crippen molar-refractivity contribution < 1.29 is 24.9 Å². The van der Waals surface area contributed by atoms with Crippen LogP contribution in [-0.4, -0.2) is 33.8 Å². The molecule has 1 aliphatic carbocycles. The van der Waals surface area contributed by atoms with E-state index in [0.29, 0.717) is 6.42 Å². The van der Waals surface area contributed by atoms with Crippen LogP contribution in [0.3, 0.4) is 0 Å². The summed E-state index contributed by atoms with van der Waals surface area (Å²) in [6.07, 6.45) is 6.22. The molecule has 5 nitrogen and oxygen atoms in total. The topological polar surface area (TPSA) is 87.0 Å². The molecule has 0 fully saturated rings. The standard InChI is InChI=1S/C26H30O5/c1-16-10-11-20(25(29)24-21(27)14-18(31-4)15-22(24)28)23(17-8-6-5-7-9-17)19(16)12-13-26(2,3)30/h5-10,12-15,19-20,23,27-28,30H,11H2,1-4H3/b13-12+/t19-,20-,23-/m1/s1. The minimum Gasteiger partial charge on any atom is -0.507 e. The third kappa shape index (κ3) is 5.00. The maximum atomic E-state index is 13.6. The van der Waals surface area contributed by atoms with Gasteiger partial charge in [-0.05, 0) is 32.8 Å². The van der Waals surface area contributed by atoms with Crippen molar-refractivity contribution in [3.63, 3.8) is 0 Å². The molecule has 0 radical (unpaired) electrons.